The van der Waals surface area contributed by atoms with E-state index in [1.54, 1.807) is 18.2 Å². The van der Waals surface area contributed by atoms with E-state index in [2.05, 4.69) is 36.6 Å². The molecule has 0 N–H and O–H groups in total. The first-order valence-electron chi connectivity index (χ1n) is 4.53. The number of carbonyl (C=O) groups excluding carboxylic acids is 2. The summed E-state index contributed by atoms with van der Waals surface area (Å²) in [6.07, 6.45) is 0.217. The molecule has 3 nitrogen and oxygen atoms in total. The Morgan fingerprint density at radius 2 is 2.06 bits per heavy atom. The van der Waals surface area contributed by atoms with Gasteiger partial charge in [-0.25, -0.2) is 4.79 Å². The number of Topliss-reactive ketones (excluding diaryl/α,β-unsaturated/α-hetero) is 1. The van der Waals surface area contributed by atoms with Crippen molar-refractivity contribution >= 4 is 43.6 Å². The molecule has 0 saturated carbocycles. The van der Waals surface area contributed by atoms with Crippen molar-refractivity contribution in [2.75, 3.05) is 12.4 Å². The van der Waals surface area contributed by atoms with Crippen molar-refractivity contribution in [2.24, 2.45) is 0 Å². The van der Waals surface area contributed by atoms with Gasteiger partial charge in [-0.3, -0.25) is 4.79 Å². The van der Waals surface area contributed by atoms with Crippen LogP contribution in [0.5, 0.6) is 0 Å². The molecule has 86 valence electrons. The Balaban J connectivity index is 3.08. The van der Waals surface area contributed by atoms with Crippen LogP contribution in [-0.2, 0) is 16.0 Å². The van der Waals surface area contributed by atoms with Crippen LogP contribution in [0.15, 0.2) is 22.7 Å². The van der Waals surface area contributed by atoms with Crippen molar-refractivity contribution in [3.05, 3.63) is 33.8 Å². The van der Waals surface area contributed by atoms with Gasteiger partial charge in [-0.15, -0.1) is 0 Å². The van der Waals surface area contributed by atoms with E-state index in [9.17, 15) is 9.59 Å². The van der Waals surface area contributed by atoms with E-state index in [1.807, 2.05) is 0 Å². The lowest BCUT2D eigenvalue weighted by Crippen LogP contribution is -2.10. The van der Waals surface area contributed by atoms with Crippen molar-refractivity contribution in [3.63, 3.8) is 0 Å². The van der Waals surface area contributed by atoms with E-state index >= 15 is 0 Å². The number of halogens is 2. The second kappa shape index (κ2) is 6.15. The summed E-state index contributed by atoms with van der Waals surface area (Å²) in [4.78, 5) is 22.8. The number of ketones is 1. The fraction of sp³-hybridized carbons (Fsp3) is 0.273. The van der Waals surface area contributed by atoms with Gasteiger partial charge >= 0.3 is 5.97 Å². The molecule has 0 aromatic heterocycles. The highest BCUT2D eigenvalue weighted by Crippen LogP contribution is 2.18. The zero-order valence-electron chi connectivity index (χ0n) is 8.63. The Bertz CT molecular complexity index is 416. The Labute approximate surface area is 110 Å². The first-order chi connectivity index (χ1) is 7.58. The number of alkyl halides is 1. The minimum absolute atomic E-state index is 0.0169. The van der Waals surface area contributed by atoms with Crippen LogP contribution in [0.25, 0.3) is 0 Å². The molecule has 1 rings (SSSR count). The zero-order chi connectivity index (χ0) is 12.1. The Hall–Kier alpha value is -0.680. The molecule has 0 atom stereocenters. The Morgan fingerprint density at radius 3 is 2.62 bits per heavy atom. The average Bonchev–Trinajstić information content (AvgIpc) is 2.28. The summed E-state index contributed by atoms with van der Waals surface area (Å²) < 4.78 is 5.49. The summed E-state index contributed by atoms with van der Waals surface area (Å²) >= 11 is 6.40. The van der Waals surface area contributed by atoms with Crippen LogP contribution in [0.3, 0.4) is 0 Å². The van der Waals surface area contributed by atoms with Crippen LogP contribution in [0, 0.1) is 0 Å². The quantitative estimate of drug-likeness (QED) is 0.620. The highest BCUT2D eigenvalue weighted by molar-refractivity contribution is 9.10. The molecule has 0 fully saturated rings. The molecule has 0 spiro atoms. The monoisotopic (exact) mass is 348 g/mol. The molecule has 0 saturated heterocycles. The third-order valence-corrected chi connectivity index (χ3v) is 3.13. The molecule has 16 heavy (non-hydrogen) atoms. The van der Waals surface area contributed by atoms with Gasteiger partial charge in [0, 0.05) is 10.9 Å². The van der Waals surface area contributed by atoms with Crippen molar-refractivity contribution in [3.8, 4) is 0 Å². The highest BCUT2D eigenvalue weighted by Gasteiger charge is 2.14. The van der Waals surface area contributed by atoms with Gasteiger partial charge in [0.15, 0.2) is 0 Å². The van der Waals surface area contributed by atoms with Gasteiger partial charge in [0.2, 0.25) is 0 Å². The molecule has 0 heterocycles. The van der Waals surface area contributed by atoms with Crippen molar-refractivity contribution in [1.82, 2.24) is 0 Å². The number of hydrogen-bond acceptors (Lipinski definition) is 3. The summed E-state index contributed by atoms with van der Waals surface area (Å²) in [6, 6.07) is 5.15. The van der Waals surface area contributed by atoms with Crippen LogP contribution in [0.1, 0.15) is 15.9 Å². The maximum absolute atomic E-state index is 11.5. The summed E-state index contributed by atoms with van der Waals surface area (Å²) in [7, 11) is 1.32. The standard InChI is InChI=1S/C11H10Br2O3/c1-16-11(15)10-3-2-8(13)4-7(10)5-9(14)6-12/h2-4H,5-6H2,1H3. The summed E-state index contributed by atoms with van der Waals surface area (Å²) in [5, 5.41) is 0.278. The van der Waals surface area contributed by atoms with E-state index in [0.29, 0.717) is 11.1 Å². The first-order valence-corrected chi connectivity index (χ1v) is 6.44. The van der Waals surface area contributed by atoms with Gasteiger partial charge in [-0.2, -0.15) is 0 Å². The Kier molecular flexibility index (Phi) is 5.15. The lowest BCUT2D eigenvalue weighted by Gasteiger charge is -2.07. The van der Waals surface area contributed by atoms with E-state index in [4.69, 9.17) is 0 Å². The second-order valence-corrected chi connectivity index (χ2v) is 4.62. The molecule has 5 heteroatoms. The minimum Gasteiger partial charge on any atom is -0.465 e. The number of benzene rings is 1. The fourth-order valence-electron chi connectivity index (χ4n) is 1.28. The van der Waals surface area contributed by atoms with Gasteiger partial charge in [-0.05, 0) is 23.8 Å². The van der Waals surface area contributed by atoms with Gasteiger partial charge < -0.3 is 4.74 Å². The smallest absolute Gasteiger partial charge is 0.338 e. The third kappa shape index (κ3) is 3.42. The molecule has 0 aliphatic heterocycles. The molecule has 0 aliphatic rings. The number of esters is 1. The minimum atomic E-state index is -0.426. The van der Waals surface area contributed by atoms with Crippen LogP contribution in [0.4, 0.5) is 0 Å². The number of carbonyl (C=O) groups is 2. The molecule has 1 aromatic rings. The summed E-state index contributed by atoms with van der Waals surface area (Å²) in [5.74, 6) is -0.409. The van der Waals surface area contributed by atoms with Gasteiger partial charge in [0.25, 0.3) is 0 Å². The third-order valence-electron chi connectivity index (χ3n) is 2.01. The molecule has 0 amide bonds. The van der Waals surface area contributed by atoms with E-state index < -0.39 is 5.97 Å². The summed E-state index contributed by atoms with van der Waals surface area (Å²) in [5.41, 5.74) is 1.10. The van der Waals surface area contributed by atoms with Crippen LogP contribution < -0.4 is 0 Å². The molecule has 0 aliphatic carbocycles. The fourth-order valence-corrected chi connectivity index (χ4v) is 1.88. The lowest BCUT2D eigenvalue weighted by molar-refractivity contribution is -0.115. The predicted molar refractivity (Wildman–Crippen MR) is 68.0 cm³/mol. The number of hydrogen-bond donors (Lipinski definition) is 0. The molecular weight excluding hydrogens is 340 g/mol. The van der Waals surface area contributed by atoms with E-state index in [0.717, 1.165) is 4.47 Å². The number of ether oxygens (including phenoxy) is 1. The van der Waals surface area contributed by atoms with E-state index in [1.165, 1.54) is 7.11 Å². The van der Waals surface area contributed by atoms with Crippen LogP contribution in [0.2, 0.25) is 0 Å². The summed E-state index contributed by atoms with van der Waals surface area (Å²) in [6.45, 7) is 0. The normalized spacial score (nSPS) is 9.94. The topological polar surface area (TPSA) is 43.4 Å². The van der Waals surface area contributed by atoms with Gasteiger partial charge in [-0.1, -0.05) is 31.9 Å². The van der Waals surface area contributed by atoms with Crippen molar-refractivity contribution < 1.29 is 14.3 Å². The van der Waals surface area contributed by atoms with Gasteiger partial charge in [0.05, 0.1) is 18.0 Å². The van der Waals surface area contributed by atoms with Gasteiger partial charge in [0.1, 0.15) is 5.78 Å². The van der Waals surface area contributed by atoms with Crippen LogP contribution >= 0.6 is 31.9 Å². The second-order valence-electron chi connectivity index (χ2n) is 3.14. The molecule has 0 unspecified atom stereocenters. The van der Waals surface area contributed by atoms with Crippen molar-refractivity contribution in [2.45, 2.75) is 6.42 Å². The Morgan fingerprint density at radius 1 is 1.38 bits per heavy atom. The first kappa shape index (κ1) is 13.4. The molecular formula is C11H10Br2O3. The zero-order valence-corrected chi connectivity index (χ0v) is 11.8. The predicted octanol–water partition coefficient (Wildman–Crippen LogP) is 2.74. The molecule has 0 bridgehead atoms. The largest absolute Gasteiger partial charge is 0.465 e. The van der Waals surface area contributed by atoms with E-state index in [-0.39, 0.29) is 17.5 Å². The average molecular weight is 350 g/mol. The maximum Gasteiger partial charge on any atom is 0.338 e. The number of rotatable bonds is 4. The molecule has 0 radical (unpaired) electrons. The van der Waals surface area contributed by atoms with Crippen LogP contribution in [-0.4, -0.2) is 24.2 Å². The van der Waals surface area contributed by atoms with Crippen molar-refractivity contribution in [1.29, 1.82) is 0 Å². The molecule has 1 aromatic carbocycles. The lowest BCUT2D eigenvalue weighted by atomic mass is 10.0. The highest BCUT2D eigenvalue weighted by atomic mass is 79.9. The SMILES string of the molecule is COC(=O)c1ccc(Br)cc1CC(=O)CBr. The maximum atomic E-state index is 11.5. The number of methoxy groups -OCH3 is 1.